The fraction of sp³-hybridized carbons (Fsp3) is 0.500. The van der Waals surface area contributed by atoms with Gasteiger partial charge in [0.15, 0.2) is 0 Å². The van der Waals surface area contributed by atoms with Gasteiger partial charge in [-0.05, 0) is 40.0 Å². The average Bonchev–Trinajstić information content (AvgIpc) is 2.44. The van der Waals surface area contributed by atoms with Gasteiger partial charge in [-0.25, -0.2) is 0 Å². The van der Waals surface area contributed by atoms with E-state index in [0.717, 1.165) is 36.3 Å². The molecule has 0 aliphatic carbocycles. The predicted molar refractivity (Wildman–Crippen MR) is 87.4 cm³/mol. The highest BCUT2D eigenvalue weighted by Gasteiger charge is 2.20. The second-order valence-corrected chi connectivity index (χ2v) is 6.03. The van der Waals surface area contributed by atoms with E-state index < -0.39 is 0 Å². The number of hydrogen-bond acceptors (Lipinski definition) is 3. The van der Waals surface area contributed by atoms with Crippen LogP contribution in [-0.4, -0.2) is 33.9 Å². The van der Waals surface area contributed by atoms with Gasteiger partial charge < -0.3 is 14.8 Å². The van der Waals surface area contributed by atoms with Gasteiger partial charge >= 0.3 is 0 Å². The maximum Gasteiger partial charge on any atom is 0.133 e. The highest BCUT2D eigenvalue weighted by molar-refractivity contribution is 9.10. The first-order valence-corrected chi connectivity index (χ1v) is 7.49. The minimum Gasteiger partial charge on any atom is -0.496 e. The lowest BCUT2D eigenvalue weighted by Gasteiger charge is -2.26. The summed E-state index contributed by atoms with van der Waals surface area (Å²) in [6, 6.07) is 6.19. The highest BCUT2D eigenvalue weighted by atomic mass is 79.9. The van der Waals surface area contributed by atoms with E-state index in [0.29, 0.717) is 0 Å². The smallest absolute Gasteiger partial charge is 0.133 e. The maximum atomic E-state index is 5.25. The molecule has 0 radical (unpaired) electrons. The maximum absolute atomic E-state index is 5.25. The molecule has 0 bridgehead atoms. The SMILES string of the molecule is C=CC(C)(CNCCOC)Cc1ccc(OC)c(Br)c1. The van der Waals surface area contributed by atoms with E-state index in [-0.39, 0.29) is 5.41 Å². The molecule has 20 heavy (non-hydrogen) atoms. The molecule has 4 heteroatoms. The number of hydrogen-bond donors (Lipinski definition) is 1. The number of halogens is 1. The molecule has 0 saturated carbocycles. The molecule has 0 saturated heterocycles. The van der Waals surface area contributed by atoms with Gasteiger partial charge in [0.25, 0.3) is 0 Å². The van der Waals surface area contributed by atoms with Gasteiger partial charge in [0, 0.05) is 25.6 Å². The molecule has 1 N–H and O–H groups in total. The number of benzene rings is 1. The molecule has 0 fully saturated rings. The molecule has 0 aromatic heterocycles. The molecule has 0 aliphatic heterocycles. The van der Waals surface area contributed by atoms with E-state index in [1.165, 1.54) is 5.56 Å². The number of ether oxygens (including phenoxy) is 2. The molecule has 112 valence electrons. The Hall–Kier alpha value is -0.840. The molecule has 1 unspecified atom stereocenters. The van der Waals surface area contributed by atoms with Gasteiger partial charge in [-0.2, -0.15) is 0 Å². The van der Waals surface area contributed by atoms with Crippen molar-refractivity contribution in [3.05, 3.63) is 40.9 Å². The molecule has 0 amide bonds. The second kappa shape index (κ2) is 8.45. The van der Waals surface area contributed by atoms with Crippen molar-refractivity contribution in [2.24, 2.45) is 5.41 Å². The van der Waals surface area contributed by atoms with Crippen LogP contribution in [0.4, 0.5) is 0 Å². The first kappa shape index (κ1) is 17.2. The Kier molecular flexibility index (Phi) is 7.27. The minimum atomic E-state index is 0.0156. The minimum absolute atomic E-state index is 0.0156. The molecule has 0 spiro atoms. The van der Waals surface area contributed by atoms with E-state index >= 15 is 0 Å². The van der Waals surface area contributed by atoms with Crippen molar-refractivity contribution in [3.8, 4) is 5.75 Å². The Morgan fingerprint density at radius 3 is 2.70 bits per heavy atom. The van der Waals surface area contributed by atoms with Crippen LogP contribution in [0, 0.1) is 5.41 Å². The fourth-order valence-corrected chi connectivity index (χ4v) is 2.63. The summed E-state index contributed by atoms with van der Waals surface area (Å²) in [6.07, 6.45) is 2.95. The fourth-order valence-electron chi connectivity index (χ4n) is 2.04. The van der Waals surface area contributed by atoms with E-state index in [1.54, 1.807) is 14.2 Å². The third-order valence-corrected chi connectivity index (χ3v) is 3.95. The number of methoxy groups -OCH3 is 2. The van der Waals surface area contributed by atoms with Gasteiger partial charge in [-0.15, -0.1) is 6.58 Å². The van der Waals surface area contributed by atoms with Crippen LogP contribution in [0.5, 0.6) is 5.75 Å². The highest BCUT2D eigenvalue weighted by Crippen LogP contribution is 2.29. The normalized spacial score (nSPS) is 13.8. The quantitative estimate of drug-likeness (QED) is 0.551. The van der Waals surface area contributed by atoms with Crippen molar-refractivity contribution < 1.29 is 9.47 Å². The Morgan fingerprint density at radius 2 is 2.15 bits per heavy atom. The zero-order valence-electron chi connectivity index (χ0n) is 12.5. The van der Waals surface area contributed by atoms with Gasteiger partial charge in [0.2, 0.25) is 0 Å². The van der Waals surface area contributed by atoms with E-state index in [2.05, 4.69) is 46.9 Å². The summed E-state index contributed by atoms with van der Waals surface area (Å²) in [5.41, 5.74) is 1.27. The zero-order chi connectivity index (χ0) is 15.0. The third-order valence-electron chi connectivity index (χ3n) is 3.33. The molecule has 1 aromatic carbocycles. The Balaban J connectivity index is 2.66. The van der Waals surface area contributed by atoms with Gasteiger partial charge in [0.05, 0.1) is 18.2 Å². The van der Waals surface area contributed by atoms with Crippen LogP contribution in [0.2, 0.25) is 0 Å². The lowest BCUT2D eigenvalue weighted by molar-refractivity contribution is 0.196. The summed E-state index contributed by atoms with van der Waals surface area (Å²) in [6.45, 7) is 8.64. The van der Waals surface area contributed by atoms with Crippen LogP contribution in [0.3, 0.4) is 0 Å². The van der Waals surface area contributed by atoms with Gasteiger partial charge in [-0.3, -0.25) is 0 Å². The summed E-state index contributed by atoms with van der Waals surface area (Å²) in [5.74, 6) is 0.854. The van der Waals surface area contributed by atoms with Crippen LogP contribution in [0.15, 0.2) is 35.3 Å². The van der Waals surface area contributed by atoms with Crippen molar-refractivity contribution in [2.75, 3.05) is 33.9 Å². The second-order valence-electron chi connectivity index (χ2n) is 5.17. The molecule has 1 atom stereocenters. The topological polar surface area (TPSA) is 30.5 Å². The van der Waals surface area contributed by atoms with Crippen molar-refractivity contribution in [1.29, 1.82) is 0 Å². The monoisotopic (exact) mass is 341 g/mol. The summed E-state index contributed by atoms with van der Waals surface area (Å²) >= 11 is 3.53. The van der Waals surface area contributed by atoms with Crippen LogP contribution in [-0.2, 0) is 11.2 Å². The summed E-state index contributed by atoms with van der Waals surface area (Å²) in [7, 11) is 3.39. The summed E-state index contributed by atoms with van der Waals surface area (Å²) < 4.78 is 11.3. The lowest BCUT2D eigenvalue weighted by atomic mass is 9.83. The molecular weight excluding hydrogens is 318 g/mol. The van der Waals surface area contributed by atoms with Gasteiger partial charge in [-0.1, -0.05) is 19.1 Å². The molecule has 0 aliphatic rings. The van der Waals surface area contributed by atoms with Crippen molar-refractivity contribution in [3.63, 3.8) is 0 Å². The Labute approximate surface area is 130 Å². The summed E-state index contributed by atoms with van der Waals surface area (Å²) in [5, 5.41) is 3.40. The van der Waals surface area contributed by atoms with Gasteiger partial charge in [0.1, 0.15) is 5.75 Å². The van der Waals surface area contributed by atoms with E-state index in [1.807, 2.05) is 12.1 Å². The van der Waals surface area contributed by atoms with Crippen LogP contribution in [0.1, 0.15) is 12.5 Å². The largest absolute Gasteiger partial charge is 0.496 e. The summed E-state index contributed by atoms with van der Waals surface area (Å²) in [4.78, 5) is 0. The Bertz CT molecular complexity index is 436. The standard InChI is InChI=1S/C16H24BrNO2/c1-5-16(2,12-18-8-9-19-3)11-13-6-7-15(20-4)14(17)10-13/h5-7,10,18H,1,8-9,11-12H2,2-4H3. The molecule has 1 rings (SSSR count). The Morgan fingerprint density at radius 1 is 1.40 bits per heavy atom. The predicted octanol–water partition coefficient (Wildman–Crippen LogP) is 3.43. The molecule has 0 heterocycles. The van der Waals surface area contributed by atoms with E-state index in [4.69, 9.17) is 9.47 Å². The first-order chi connectivity index (χ1) is 9.54. The number of nitrogens with one attached hydrogen (secondary N) is 1. The van der Waals surface area contributed by atoms with Crippen molar-refractivity contribution in [1.82, 2.24) is 5.32 Å². The van der Waals surface area contributed by atoms with Crippen molar-refractivity contribution in [2.45, 2.75) is 13.3 Å². The van der Waals surface area contributed by atoms with Crippen LogP contribution < -0.4 is 10.1 Å². The van der Waals surface area contributed by atoms with E-state index in [9.17, 15) is 0 Å². The molecular formula is C16H24BrNO2. The van der Waals surface area contributed by atoms with Crippen LogP contribution in [0.25, 0.3) is 0 Å². The zero-order valence-corrected chi connectivity index (χ0v) is 14.1. The number of rotatable bonds is 9. The third kappa shape index (κ3) is 5.27. The molecule has 1 aromatic rings. The average molecular weight is 342 g/mol. The lowest BCUT2D eigenvalue weighted by Crippen LogP contribution is -2.33. The molecule has 3 nitrogen and oxygen atoms in total. The van der Waals surface area contributed by atoms with Crippen LogP contribution >= 0.6 is 15.9 Å². The van der Waals surface area contributed by atoms with Crippen molar-refractivity contribution >= 4 is 15.9 Å². The first-order valence-electron chi connectivity index (χ1n) is 6.70.